The van der Waals surface area contributed by atoms with Crippen molar-refractivity contribution in [2.75, 3.05) is 36.5 Å². The molecule has 0 atom stereocenters. The Morgan fingerprint density at radius 2 is 1.93 bits per heavy atom. The summed E-state index contributed by atoms with van der Waals surface area (Å²) in [5.41, 5.74) is 1.38. The molecule has 0 spiro atoms. The van der Waals surface area contributed by atoms with Crippen LogP contribution >= 0.6 is 0 Å². The number of carbonyl (C=O) groups is 1. The highest BCUT2D eigenvalue weighted by molar-refractivity contribution is 5.90. The van der Waals surface area contributed by atoms with E-state index in [1.165, 1.54) is 4.40 Å². The fourth-order valence-electron chi connectivity index (χ4n) is 2.94. The Hall–Kier alpha value is -3.20. The van der Waals surface area contributed by atoms with Crippen LogP contribution in [0.2, 0.25) is 0 Å². The number of anilines is 2. The molecule has 1 aromatic carbocycles. The van der Waals surface area contributed by atoms with Crippen molar-refractivity contribution in [3.05, 3.63) is 52.6 Å². The first kappa shape index (κ1) is 17.2. The van der Waals surface area contributed by atoms with E-state index < -0.39 is 5.69 Å². The Morgan fingerprint density at radius 1 is 1.19 bits per heavy atom. The van der Waals surface area contributed by atoms with Crippen LogP contribution in [-0.2, 0) is 16.1 Å². The van der Waals surface area contributed by atoms with Crippen LogP contribution in [0.25, 0.3) is 5.78 Å². The minimum Gasteiger partial charge on any atom is -0.378 e. The van der Waals surface area contributed by atoms with Crippen LogP contribution in [0.3, 0.4) is 0 Å². The third-order valence-corrected chi connectivity index (χ3v) is 4.40. The third-order valence-electron chi connectivity index (χ3n) is 4.40. The first-order chi connectivity index (χ1) is 13.1. The van der Waals surface area contributed by atoms with E-state index in [1.54, 1.807) is 12.3 Å². The lowest BCUT2D eigenvalue weighted by Crippen LogP contribution is -2.36. The average molecular weight is 368 g/mol. The monoisotopic (exact) mass is 368 g/mol. The number of hydrogen-bond donors (Lipinski definition) is 1. The number of nitrogens with zero attached hydrogens (tertiary/aromatic N) is 5. The van der Waals surface area contributed by atoms with Crippen LogP contribution in [0, 0.1) is 6.92 Å². The molecule has 0 saturated carbocycles. The number of amides is 1. The highest BCUT2D eigenvalue weighted by Crippen LogP contribution is 2.12. The van der Waals surface area contributed by atoms with Crippen molar-refractivity contribution in [1.29, 1.82) is 0 Å². The van der Waals surface area contributed by atoms with E-state index in [0.717, 1.165) is 29.2 Å². The predicted octanol–water partition coefficient (Wildman–Crippen LogP) is 0.675. The van der Waals surface area contributed by atoms with Gasteiger partial charge in [-0.25, -0.2) is 13.9 Å². The van der Waals surface area contributed by atoms with Gasteiger partial charge in [0.15, 0.2) is 0 Å². The van der Waals surface area contributed by atoms with Gasteiger partial charge in [0.05, 0.1) is 13.2 Å². The second-order valence-corrected chi connectivity index (χ2v) is 6.41. The zero-order valence-electron chi connectivity index (χ0n) is 15.0. The van der Waals surface area contributed by atoms with Crippen molar-refractivity contribution >= 4 is 23.2 Å². The summed E-state index contributed by atoms with van der Waals surface area (Å²) in [6.07, 6.45) is 1.64. The van der Waals surface area contributed by atoms with Crippen LogP contribution < -0.4 is 15.9 Å². The third kappa shape index (κ3) is 3.68. The van der Waals surface area contributed by atoms with E-state index in [0.29, 0.717) is 18.9 Å². The fraction of sp³-hybridized carbons (Fsp3) is 0.333. The molecule has 0 radical (unpaired) electrons. The molecule has 9 nitrogen and oxygen atoms in total. The van der Waals surface area contributed by atoms with Crippen molar-refractivity contribution in [1.82, 2.24) is 19.2 Å². The number of fused-ring (bicyclic) bond motifs is 1. The first-order valence-corrected chi connectivity index (χ1v) is 8.75. The number of nitrogens with one attached hydrogen (secondary N) is 1. The highest BCUT2D eigenvalue weighted by atomic mass is 16.5. The summed E-state index contributed by atoms with van der Waals surface area (Å²) in [4.78, 5) is 31.2. The number of hydrogen-bond acceptors (Lipinski definition) is 6. The summed E-state index contributed by atoms with van der Waals surface area (Å²) in [6.45, 7) is 4.57. The molecule has 4 rings (SSSR count). The summed E-state index contributed by atoms with van der Waals surface area (Å²) < 4.78 is 7.80. The van der Waals surface area contributed by atoms with E-state index in [4.69, 9.17) is 4.74 Å². The van der Waals surface area contributed by atoms with Gasteiger partial charge in [0.25, 0.3) is 5.78 Å². The zero-order valence-corrected chi connectivity index (χ0v) is 15.0. The van der Waals surface area contributed by atoms with E-state index in [-0.39, 0.29) is 18.2 Å². The molecule has 0 aliphatic carbocycles. The maximum absolute atomic E-state index is 12.5. The lowest BCUT2D eigenvalue weighted by Gasteiger charge is -2.27. The molecule has 9 heteroatoms. The Balaban J connectivity index is 1.53. The zero-order chi connectivity index (χ0) is 18.8. The van der Waals surface area contributed by atoms with Crippen LogP contribution in [0.1, 0.15) is 5.56 Å². The SMILES string of the molecule is Cc1ccc(NC(=O)Cn2nc3nc(N4CCOCC4)ccn3c2=O)cc1. The quantitative estimate of drug-likeness (QED) is 0.728. The van der Waals surface area contributed by atoms with Gasteiger partial charge in [-0.05, 0) is 25.1 Å². The number of carbonyl (C=O) groups excluding carboxylic acids is 1. The maximum atomic E-state index is 12.5. The molecule has 0 bridgehead atoms. The van der Waals surface area contributed by atoms with E-state index in [2.05, 4.69) is 20.3 Å². The van der Waals surface area contributed by atoms with Gasteiger partial charge >= 0.3 is 5.69 Å². The summed E-state index contributed by atoms with van der Waals surface area (Å²) in [5, 5.41) is 6.96. The van der Waals surface area contributed by atoms with Crippen molar-refractivity contribution in [3.8, 4) is 0 Å². The molecule has 1 fully saturated rings. The van der Waals surface area contributed by atoms with E-state index in [1.807, 2.05) is 31.2 Å². The van der Waals surface area contributed by atoms with Gasteiger partial charge in [0.2, 0.25) is 5.91 Å². The number of aryl methyl sites for hydroxylation is 1. The Labute approximate surface area is 155 Å². The molecule has 27 heavy (non-hydrogen) atoms. The highest BCUT2D eigenvalue weighted by Gasteiger charge is 2.16. The topological polar surface area (TPSA) is 93.8 Å². The largest absolute Gasteiger partial charge is 0.378 e. The molecule has 3 aromatic rings. The molecular weight excluding hydrogens is 348 g/mol. The predicted molar refractivity (Wildman–Crippen MR) is 100 cm³/mol. The molecule has 1 saturated heterocycles. The van der Waals surface area contributed by atoms with Crippen LogP contribution in [0.4, 0.5) is 11.5 Å². The fourth-order valence-corrected chi connectivity index (χ4v) is 2.94. The molecule has 140 valence electrons. The first-order valence-electron chi connectivity index (χ1n) is 8.75. The van der Waals surface area contributed by atoms with Gasteiger partial charge in [-0.3, -0.25) is 4.79 Å². The van der Waals surface area contributed by atoms with Crippen molar-refractivity contribution in [3.63, 3.8) is 0 Å². The molecule has 1 aliphatic heterocycles. The van der Waals surface area contributed by atoms with Crippen molar-refractivity contribution < 1.29 is 9.53 Å². The van der Waals surface area contributed by atoms with Gasteiger partial charge < -0.3 is 15.0 Å². The number of morpholine rings is 1. The standard InChI is InChI=1S/C18H20N6O3/c1-13-2-4-14(5-3-13)19-16(25)12-24-18(26)23-7-6-15(20-17(23)21-24)22-8-10-27-11-9-22/h2-7H,8-12H2,1H3,(H,19,25). The Kier molecular flexibility index (Phi) is 4.59. The number of aromatic nitrogens is 4. The minimum atomic E-state index is -0.398. The Bertz CT molecular complexity index is 1020. The smallest absolute Gasteiger partial charge is 0.352 e. The summed E-state index contributed by atoms with van der Waals surface area (Å²) in [6, 6.07) is 9.22. The van der Waals surface area contributed by atoms with Crippen molar-refractivity contribution in [2.24, 2.45) is 0 Å². The van der Waals surface area contributed by atoms with Gasteiger partial charge in [-0.1, -0.05) is 17.7 Å². The normalized spacial score (nSPS) is 14.5. The molecule has 1 aliphatic rings. The summed E-state index contributed by atoms with van der Waals surface area (Å²) >= 11 is 0. The molecule has 2 aromatic heterocycles. The second-order valence-electron chi connectivity index (χ2n) is 6.41. The van der Waals surface area contributed by atoms with E-state index in [9.17, 15) is 9.59 Å². The lowest BCUT2D eigenvalue weighted by molar-refractivity contribution is -0.117. The van der Waals surface area contributed by atoms with Crippen LogP contribution in [0.15, 0.2) is 41.3 Å². The molecule has 1 amide bonds. The van der Waals surface area contributed by atoms with E-state index >= 15 is 0 Å². The number of rotatable bonds is 4. The van der Waals surface area contributed by atoms with Gasteiger partial charge in [-0.15, -0.1) is 5.10 Å². The van der Waals surface area contributed by atoms with Crippen LogP contribution in [-0.4, -0.2) is 51.4 Å². The molecule has 1 N–H and O–H groups in total. The Morgan fingerprint density at radius 3 is 2.67 bits per heavy atom. The minimum absolute atomic E-state index is 0.178. The molecular formula is C18H20N6O3. The maximum Gasteiger partial charge on any atom is 0.352 e. The molecule has 3 heterocycles. The van der Waals surface area contributed by atoms with Gasteiger partial charge in [0, 0.05) is 25.0 Å². The van der Waals surface area contributed by atoms with Gasteiger partial charge in [-0.2, -0.15) is 4.98 Å². The lowest BCUT2D eigenvalue weighted by atomic mass is 10.2. The summed E-state index contributed by atoms with van der Waals surface area (Å²) in [7, 11) is 0. The second kappa shape index (κ2) is 7.20. The summed E-state index contributed by atoms with van der Waals surface area (Å²) in [5.74, 6) is 0.692. The van der Waals surface area contributed by atoms with Crippen molar-refractivity contribution in [2.45, 2.75) is 13.5 Å². The number of benzene rings is 1. The number of ether oxygens (including phenoxy) is 1. The molecule has 0 unspecified atom stereocenters. The average Bonchev–Trinajstić information content (AvgIpc) is 2.99. The van der Waals surface area contributed by atoms with Gasteiger partial charge in [0.1, 0.15) is 12.4 Å². The van der Waals surface area contributed by atoms with Crippen LogP contribution in [0.5, 0.6) is 0 Å².